The standard InChI is InChI=1S/C4H8O.H3O3P/c1-4(2)3-5;1-4(2)3/h3-4H,1-2H3;4H,(H2,1,2,3). The van der Waals surface area contributed by atoms with E-state index >= 15 is 0 Å². The summed E-state index contributed by atoms with van der Waals surface area (Å²) in [6, 6.07) is 0. The Bertz CT molecular complexity index is 86.6. The van der Waals surface area contributed by atoms with E-state index in [-0.39, 0.29) is 5.92 Å². The fourth-order valence-electron chi connectivity index (χ4n) is 0. The van der Waals surface area contributed by atoms with Gasteiger partial charge in [-0.15, -0.1) is 0 Å². The van der Waals surface area contributed by atoms with Crippen LogP contribution in [0.5, 0.6) is 0 Å². The van der Waals surface area contributed by atoms with Crippen LogP contribution in [0.15, 0.2) is 0 Å². The van der Waals surface area contributed by atoms with Crippen LogP contribution in [0.3, 0.4) is 0 Å². The van der Waals surface area contributed by atoms with Gasteiger partial charge >= 0.3 is 8.25 Å². The normalized spacial score (nSPS) is 8.67. The van der Waals surface area contributed by atoms with Crippen molar-refractivity contribution in [3.63, 3.8) is 0 Å². The Balaban J connectivity index is 0. The van der Waals surface area contributed by atoms with Crippen LogP contribution in [0.25, 0.3) is 0 Å². The van der Waals surface area contributed by atoms with Gasteiger partial charge in [0.15, 0.2) is 0 Å². The van der Waals surface area contributed by atoms with Crippen LogP contribution >= 0.6 is 8.25 Å². The average molecular weight is 154 g/mol. The Labute approximate surface area is 54.5 Å². The predicted octanol–water partition coefficient (Wildman–Crippen LogP) is 0.202. The van der Waals surface area contributed by atoms with Crippen LogP contribution in [0, 0.1) is 5.92 Å². The van der Waals surface area contributed by atoms with Gasteiger partial charge in [0.1, 0.15) is 6.29 Å². The smallest absolute Gasteiger partial charge is 0.314 e. The minimum atomic E-state index is -3.13. The number of hydrogen-bond donors (Lipinski definition) is 2. The molecule has 0 aliphatic carbocycles. The molecule has 0 amide bonds. The maximum atomic E-state index is 9.50. The van der Waals surface area contributed by atoms with Crippen LogP contribution in [0.1, 0.15) is 13.8 Å². The lowest BCUT2D eigenvalue weighted by molar-refractivity contribution is -0.110. The van der Waals surface area contributed by atoms with E-state index in [9.17, 15) is 4.79 Å². The Morgan fingerprint density at radius 3 is 1.56 bits per heavy atom. The number of aldehydes is 1. The zero-order valence-corrected chi connectivity index (χ0v) is 6.37. The van der Waals surface area contributed by atoms with Crippen LogP contribution in [-0.2, 0) is 9.36 Å². The maximum Gasteiger partial charge on any atom is 0.314 e. The molecule has 2 N–H and O–H groups in total. The fourth-order valence-corrected chi connectivity index (χ4v) is 0. The Kier molecular flexibility index (Phi) is 10.1. The third-order valence-electron chi connectivity index (χ3n) is 0.272. The molecule has 0 fully saturated rings. The quantitative estimate of drug-likeness (QED) is 0.418. The van der Waals surface area contributed by atoms with Crippen molar-refractivity contribution in [3.05, 3.63) is 0 Å². The number of carbonyl (C=O) groups excluding carboxylic acids is 1. The Morgan fingerprint density at radius 2 is 1.56 bits per heavy atom. The van der Waals surface area contributed by atoms with E-state index < -0.39 is 8.25 Å². The molecule has 0 aromatic carbocycles. The summed E-state index contributed by atoms with van der Waals surface area (Å²) in [6.07, 6.45) is 0.917. The molecule has 56 valence electrons. The molecule has 0 spiro atoms. The average Bonchev–Trinajstić information content (AvgIpc) is 1.65. The van der Waals surface area contributed by atoms with Gasteiger partial charge in [-0.2, -0.15) is 0 Å². The molecule has 0 radical (unpaired) electrons. The lowest BCUT2D eigenvalue weighted by atomic mass is 10.3. The second-order valence-corrected chi connectivity index (χ2v) is 2.23. The summed E-state index contributed by atoms with van der Waals surface area (Å²) >= 11 is 0. The van der Waals surface area contributed by atoms with Gasteiger partial charge in [0.05, 0.1) is 0 Å². The molecule has 0 aromatic heterocycles. The minimum absolute atomic E-state index is 0.204. The molecule has 0 aliphatic heterocycles. The number of rotatable bonds is 1. The molecule has 5 heteroatoms. The van der Waals surface area contributed by atoms with Crippen molar-refractivity contribution in [1.82, 2.24) is 0 Å². The van der Waals surface area contributed by atoms with Crippen molar-refractivity contribution in [3.8, 4) is 0 Å². The first-order valence-corrected chi connectivity index (χ1v) is 3.68. The molecule has 0 saturated carbocycles. The molecule has 0 atom stereocenters. The van der Waals surface area contributed by atoms with E-state index in [4.69, 9.17) is 14.4 Å². The van der Waals surface area contributed by atoms with Gasteiger partial charge in [-0.05, 0) is 0 Å². The first-order chi connectivity index (χ1) is 4.00. The second-order valence-electron chi connectivity index (χ2n) is 1.66. The molecule has 0 unspecified atom stereocenters. The SMILES string of the molecule is CC(C)C=O.O=[PH](O)O. The zero-order valence-electron chi connectivity index (χ0n) is 5.37. The summed E-state index contributed by atoms with van der Waals surface area (Å²) in [4.78, 5) is 23.8. The molecule has 0 aromatic rings. The van der Waals surface area contributed by atoms with Crippen molar-refractivity contribution >= 4 is 14.5 Å². The zero-order chi connectivity index (χ0) is 7.86. The molecule has 0 bridgehead atoms. The van der Waals surface area contributed by atoms with Crippen molar-refractivity contribution in [2.75, 3.05) is 0 Å². The molecule has 0 heterocycles. The maximum absolute atomic E-state index is 9.50. The van der Waals surface area contributed by atoms with Crippen molar-refractivity contribution in [1.29, 1.82) is 0 Å². The van der Waals surface area contributed by atoms with Gasteiger partial charge in [0, 0.05) is 5.92 Å². The van der Waals surface area contributed by atoms with Gasteiger partial charge < -0.3 is 14.6 Å². The van der Waals surface area contributed by atoms with Crippen molar-refractivity contribution in [2.24, 2.45) is 5.92 Å². The molecule has 9 heavy (non-hydrogen) atoms. The van der Waals surface area contributed by atoms with Gasteiger partial charge in [-0.25, -0.2) is 0 Å². The highest BCUT2D eigenvalue weighted by Gasteiger charge is 1.79. The highest BCUT2D eigenvalue weighted by molar-refractivity contribution is 7.30. The Hall–Kier alpha value is -0.180. The van der Waals surface area contributed by atoms with E-state index in [0.29, 0.717) is 0 Å². The molecule has 0 aliphatic rings. The lowest BCUT2D eigenvalue weighted by Gasteiger charge is -1.78. The Morgan fingerprint density at radius 1 is 1.44 bits per heavy atom. The predicted molar refractivity (Wildman–Crippen MR) is 34.3 cm³/mol. The van der Waals surface area contributed by atoms with E-state index in [2.05, 4.69) is 0 Å². The van der Waals surface area contributed by atoms with Crippen LogP contribution in [-0.4, -0.2) is 16.1 Å². The van der Waals surface area contributed by atoms with Gasteiger partial charge in [0.2, 0.25) is 0 Å². The number of carbonyl (C=O) groups is 1. The first kappa shape index (κ1) is 11.6. The van der Waals surface area contributed by atoms with Crippen molar-refractivity contribution in [2.45, 2.75) is 13.8 Å². The summed E-state index contributed by atoms with van der Waals surface area (Å²) in [5.41, 5.74) is 0. The lowest BCUT2D eigenvalue weighted by Crippen LogP contribution is -1.82. The third kappa shape index (κ3) is 80.0. The number of hydrogen-bond acceptors (Lipinski definition) is 2. The highest BCUT2D eigenvalue weighted by Crippen LogP contribution is 1.98. The van der Waals surface area contributed by atoms with E-state index in [1.165, 1.54) is 0 Å². The summed E-state index contributed by atoms with van der Waals surface area (Å²) < 4.78 is 8.74. The topological polar surface area (TPSA) is 74.6 Å². The van der Waals surface area contributed by atoms with E-state index in [0.717, 1.165) is 6.29 Å². The molecule has 0 rings (SSSR count). The van der Waals surface area contributed by atoms with Crippen LogP contribution in [0.4, 0.5) is 0 Å². The van der Waals surface area contributed by atoms with E-state index in [1.807, 2.05) is 13.8 Å². The van der Waals surface area contributed by atoms with Gasteiger partial charge in [-0.3, -0.25) is 4.57 Å². The van der Waals surface area contributed by atoms with Gasteiger partial charge in [-0.1, -0.05) is 13.8 Å². The van der Waals surface area contributed by atoms with Crippen LogP contribution < -0.4 is 0 Å². The van der Waals surface area contributed by atoms with Gasteiger partial charge in [0.25, 0.3) is 0 Å². The molecular formula is C4H11O4P. The second kappa shape index (κ2) is 7.82. The summed E-state index contributed by atoms with van der Waals surface area (Å²) in [6.45, 7) is 3.71. The summed E-state index contributed by atoms with van der Waals surface area (Å²) in [7, 11) is -3.13. The van der Waals surface area contributed by atoms with E-state index in [1.54, 1.807) is 0 Å². The summed E-state index contributed by atoms with van der Waals surface area (Å²) in [5, 5.41) is 0. The van der Waals surface area contributed by atoms with Crippen molar-refractivity contribution < 1.29 is 19.1 Å². The molecular weight excluding hydrogens is 143 g/mol. The minimum Gasteiger partial charge on any atom is -0.326 e. The highest BCUT2D eigenvalue weighted by atomic mass is 31.1. The van der Waals surface area contributed by atoms with Crippen LogP contribution in [0.2, 0.25) is 0 Å². The largest absolute Gasteiger partial charge is 0.326 e. The molecule has 0 saturated heterocycles. The third-order valence-corrected chi connectivity index (χ3v) is 0.272. The first-order valence-electron chi connectivity index (χ1n) is 2.38. The fraction of sp³-hybridized carbons (Fsp3) is 0.750. The monoisotopic (exact) mass is 154 g/mol. The molecule has 4 nitrogen and oxygen atoms in total. The summed E-state index contributed by atoms with van der Waals surface area (Å²) in [5.74, 6) is 0.204.